The van der Waals surface area contributed by atoms with Gasteiger partial charge < -0.3 is 9.64 Å². The number of ether oxygens (including phenoxy) is 1. The van der Waals surface area contributed by atoms with Crippen LogP contribution < -0.4 is 9.64 Å². The third kappa shape index (κ3) is 4.01. The third-order valence-corrected chi connectivity index (χ3v) is 8.07. The summed E-state index contributed by atoms with van der Waals surface area (Å²) in [6, 6.07) is 13.5. The van der Waals surface area contributed by atoms with E-state index in [1.54, 1.807) is 0 Å². The van der Waals surface area contributed by atoms with Crippen molar-refractivity contribution in [3.8, 4) is 44.0 Å². The van der Waals surface area contributed by atoms with Crippen LogP contribution in [0.25, 0.3) is 38.2 Å². The van der Waals surface area contributed by atoms with Gasteiger partial charge in [-0.1, -0.05) is 0 Å². The Morgan fingerprint density at radius 3 is 2.66 bits per heavy atom. The van der Waals surface area contributed by atoms with Crippen LogP contribution in [0.2, 0.25) is 0 Å². The van der Waals surface area contributed by atoms with Crippen LogP contribution in [-0.2, 0) is 6.42 Å². The van der Waals surface area contributed by atoms with Crippen molar-refractivity contribution in [1.29, 1.82) is 0 Å². The summed E-state index contributed by atoms with van der Waals surface area (Å²) in [5, 5.41) is 4.21. The first-order valence-electron chi connectivity index (χ1n) is 12.5. The predicted molar refractivity (Wildman–Crippen MR) is 142 cm³/mol. The maximum absolute atomic E-state index is 14.5. The summed E-state index contributed by atoms with van der Waals surface area (Å²) >= 11 is 1.51. The minimum absolute atomic E-state index is 0.136. The predicted octanol–water partition coefficient (Wildman–Crippen LogP) is 5.93. The van der Waals surface area contributed by atoms with E-state index >= 15 is 0 Å². The van der Waals surface area contributed by atoms with Crippen molar-refractivity contribution in [2.75, 3.05) is 24.6 Å². The summed E-state index contributed by atoms with van der Waals surface area (Å²) in [4.78, 5) is 18.2. The van der Waals surface area contributed by atoms with E-state index in [2.05, 4.69) is 32.1 Å². The Morgan fingerprint density at radius 2 is 1.84 bits per heavy atom. The Bertz CT molecular complexity index is 1640. The second-order valence-corrected chi connectivity index (χ2v) is 10.3. The molecule has 0 saturated carbocycles. The Labute approximate surface area is 221 Å². The smallest absolute Gasteiger partial charge is 0.173 e. The number of fused-ring (bicyclic) bond motifs is 3. The molecule has 1 aromatic carbocycles. The summed E-state index contributed by atoms with van der Waals surface area (Å²) in [7, 11) is 0. The molecule has 4 aromatic heterocycles. The van der Waals surface area contributed by atoms with Gasteiger partial charge in [-0.2, -0.15) is 5.10 Å². The number of pyridine rings is 2. The molecule has 38 heavy (non-hydrogen) atoms. The molecule has 5 aromatic rings. The van der Waals surface area contributed by atoms with Crippen LogP contribution in [-0.4, -0.2) is 44.4 Å². The maximum atomic E-state index is 14.5. The maximum Gasteiger partial charge on any atom is 0.173 e. The van der Waals surface area contributed by atoms with Gasteiger partial charge in [-0.05, 0) is 60.9 Å². The van der Waals surface area contributed by atoms with E-state index in [1.807, 2.05) is 24.4 Å². The van der Waals surface area contributed by atoms with E-state index in [-0.39, 0.29) is 5.69 Å². The van der Waals surface area contributed by atoms with Gasteiger partial charge in [-0.15, -0.1) is 11.3 Å². The summed E-state index contributed by atoms with van der Waals surface area (Å²) in [6.45, 7) is 2.61. The number of thiophene rings is 1. The zero-order chi connectivity index (χ0) is 25.6. The van der Waals surface area contributed by atoms with Crippen molar-refractivity contribution in [1.82, 2.24) is 24.7 Å². The first kappa shape index (κ1) is 23.0. The molecule has 0 unspecified atom stereocenters. The number of halogens is 2. The van der Waals surface area contributed by atoms with Crippen LogP contribution in [0.5, 0.6) is 5.75 Å². The Hall–Kier alpha value is -4.18. The Morgan fingerprint density at radius 1 is 0.947 bits per heavy atom. The van der Waals surface area contributed by atoms with Gasteiger partial charge in [0.25, 0.3) is 0 Å². The topological polar surface area (TPSA) is 69.0 Å². The number of aromatic nitrogens is 5. The van der Waals surface area contributed by atoms with E-state index in [0.29, 0.717) is 24.6 Å². The molecule has 6 heterocycles. The van der Waals surface area contributed by atoms with Crippen LogP contribution in [0, 0.1) is 11.6 Å². The number of benzene rings is 1. The zero-order valence-corrected chi connectivity index (χ0v) is 21.1. The van der Waals surface area contributed by atoms with Gasteiger partial charge in [0.05, 0.1) is 22.1 Å². The highest BCUT2D eigenvalue weighted by molar-refractivity contribution is 7.19. The quantitative estimate of drug-likeness (QED) is 0.288. The fourth-order valence-corrected chi connectivity index (χ4v) is 6.18. The molecule has 0 atom stereocenters. The molecule has 7 rings (SSSR count). The van der Waals surface area contributed by atoms with Crippen LogP contribution in [0.1, 0.15) is 18.4 Å². The van der Waals surface area contributed by atoms with Crippen molar-refractivity contribution in [3.05, 3.63) is 78.3 Å². The molecule has 0 bridgehead atoms. The van der Waals surface area contributed by atoms with Gasteiger partial charge in [-0.25, -0.2) is 28.4 Å². The largest absolute Gasteiger partial charge is 0.491 e. The van der Waals surface area contributed by atoms with Gasteiger partial charge in [0.1, 0.15) is 35.1 Å². The number of hydrogen-bond acceptors (Lipinski definition) is 7. The van der Waals surface area contributed by atoms with Crippen molar-refractivity contribution in [3.63, 3.8) is 0 Å². The SMILES string of the molecule is Fc1ccc(-n2ncnc2-c2cc3c(s2)-c2nc(-c4ccc(N5CCCC5)nc4)ccc2OCC3)c(F)c1. The highest BCUT2D eigenvalue weighted by Crippen LogP contribution is 2.43. The average molecular weight is 529 g/mol. The van der Waals surface area contributed by atoms with E-state index in [1.165, 1.54) is 47.3 Å². The minimum Gasteiger partial charge on any atom is -0.491 e. The first-order chi connectivity index (χ1) is 18.6. The molecule has 190 valence electrons. The number of hydrogen-bond donors (Lipinski definition) is 0. The van der Waals surface area contributed by atoms with Crippen LogP contribution in [0.4, 0.5) is 14.6 Å². The molecule has 0 aliphatic carbocycles. The molecule has 1 fully saturated rings. The van der Waals surface area contributed by atoms with Crippen LogP contribution >= 0.6 is 11.3 Å². The lowest BCUT2D eigenvalue weighted by molar-refractivity contribution is 0.325. The Balaban J connectivity index is 1.26. The first-order valence-corrected chi connectivity index (χ1v) is 13.3. The molecule has 0 spiro atoms. The highest BCUT2D eigenvalue weighted by Gasteiger charge is 2.24. The minimum atomic E-state index is -0.704. The lowest BCUT2D eigenvalue weighted by atomic mass is 10.1. The molecule has 0 N–H and O–H groups in total. The molecule has 7 nitrogen and oxygen atoms in total. The molecule has 0 amide bonds. The second kappa shape index (κ2) is 9.29. The second-order valence-electron chi connectivity index (χ2n) is 9.30. The number of nitrogens with zero attached hydrogens (tertiary/aromatic N) is 6. The lowest BCUT2D eigenvalue weighted by Gasteiger charge is -2.16. The van der Waals surface area contributed by atoms with E-state index in [9.17, 15) is 8.78 Å². The standard InChI is InChI=1S/C28H22F2N6OS/c29-19-4-6-22(20(30)14-19)36-28(32-16-33-36)24-13-17-9-12-37-23-7-5-21(34-26(23)27(17)38-24)18-3-8-25(31-15-18)35-10-1-2-11-35/h3-8,13-16H,1-2,9-12H2. The van der Waals surface area contributed by atoms with E-state index in [0.717, 1.165) is 57.2 Å². The molecular formula is C28H22F2N6OS. The van der Waals surface area contributed by atoms with Gasteiger partial charge >= 0.3 is 0 Å². The molecule has 0 radical (unpaired) electrons. The van der Waals surface area contributed by atoms with Crippen molar-refractivity contribution < 1.29 is 13.5 Å². The van der Waals surface area contributed by atoms with E-state index < -0.39 is 11.6 Å². The summed E-state index contributed by atoms with van der Waals surface area (Å²) in [6.07, 6.45) is 6.35. The third-order valence-electron chi connectivity index (χ3n) is 6.89. The van der Waals surface area contributed by atoms with Gasteiger partial charge in [-0.3, -0.25) is 0 Å². The molecular weight excluding hydrogens is 506 g/mol. The average Bonchev–Trinajstić information content (AvgIpc) is 3.69. The zero-order valence-electron chi connectivity index (χ0n) is 20.3. The molecule has 10 heteroatoms. The number of anilines is 1. The molecule has 2 aliphatic rings. The van der Waals surface area contributed by atoms with Crippen molar-refractivity contribution in [2.24, 2.45) is 0 Å². The molecule has 2 aliphatic heterocycles. The fraction of sp³-hybridized carbons (Fsp3) is 0.214. The van der Waals surface area contributed by atoms with Crippen LogP contribution in [0.15, 0.2) is 61.1 Å². The normalized spacial score (nSPS) is 14.6. The summed E-state index contributed by atoms with van der Waals surface area (Å²) < 4.78 is 35.4. The highest BCUT2D eigenvalue weighted by atomic mass is 32.1. The lowest BCUT2D eigenvalue weighted by Crippen LogP contribution is -2.18. The molecule has 1 saturated heterocycles. The van der Waals surface area contributed by atoms with Gasteiger partial charge in [0, 0.05) is 37.3 Å². The van der Waals surface area contributed by atoms with Gasteiger partial charge in [0.15, 0.2) is 11.6 Å². The van der Waals surface area contributed by atoms with Crippen molar-refractivity contribution in [2.45, 2.75) is 19.3 Å². The van der Waals surface area contributed by atoms with Crippen molar-refractivity contribution >= 4 is 17.2 Å². The summed E-state index contributed by atoms with van der Waals surface area (Å²) in [5.74, 6) is 0.845. The fourth-order valence-electron chi connectivity index (χ4n) is 4.99. The van der Waals surface area contributed by atoms with Crippen LogP contribution in [0.3, 0.4) is 0 Å². The van der Waals surface area contributed by atoms with E-state index in [4.69, 9.17) is 9.72 Å². The Kier molecular flexibility index (Phi) is 5.61. The summed E-state index contributed by atoms with van der Waals surface area (Å²) in [5.41, 5.74) is 3.72. The monoisotopic (exact) mass is 528 g/mol. The van der Waals surface area contributed by atoms with Gasteiger partial charge in [0.2, 0.25) is 0 Å². The number of rotatable bonds is 4.